The number of hydrogen-bond donors (Lipinski definition) is 0. The van der Waals surface area contributed by atoms with Gasteiger partial charge in [-0.3, -0.25) is 9.48 Å². The van der Waals surface area contributed by atoms with Gasteiger partial charge in [-0.15, -0.1) is 0 Å². The molecule has 0 radical (unpaired) electrons. The zero-order chi connectivity index (χ0) is 14.5. The zero-order valence-electron chi connectivity index (χ0n) is 11.7. The molecule has 2 rings (SSSR count). The van der Waals surface area contributed by atoms with Gasteiger partial charge in [0, 0.05) is 36.4 Å². The lowest BCUT2D eigenvalue weighted by molar-refractivity contribution is -0.129. The highest BCUT2D eigenvalue weighted by Gasteiger charge is 2.11. The van der Waals surface area contributed by atoms with Crippen LogP contribution in [0, 0.1) is 0 Å². The molecule has 106 valence electrons. The molecule has 5 heteroatoms. The lowest BCUT2D eigenvalue weighted by Crippen LogP contribution is -2.27. The van der Waals surface area contributed by atoms with Crippen molar-refractivity contribution in [2.75, 3.05) is 7.05 Å². The van der Waals surface area contributed by atoms with E-state index < -0.39 is 0 Å². The number of halogens is 1. The lowest BCUT2D eigenvalue weighted by Gasteiger charge is -2.16. The first-order chi connectivity index (χ1) is 9.58. The third kappa shape index (κ3) is 3.93. The monoisotopic (exact) mass is 335 g/mol. The van der Waals surface area contributed by atoms with E-state index in [0.29, 0.717) is 13.0 Å². The Morgan fingerprint density at radius 1 is 1.30 bits per heavy atom. The smallest absolute Gasteiger partial charge is 0.227 e. The molecule has 2 aromatic rings. The molecule has 0 saturated carbocycles. The highest BCUT2D eigenvalue weighted by atomic mass is 79.9. The van der Waals surface area contributed by atoms with Crippen LogP contribution in [0.3, 0.4) is 0 Å². The van der Waals surface area contributed by atoms with Crippen LogP contribution < -0.4 is 0 Å². The number of benzene rings is 1. The van der Waals surface area contributed by atoms with Crippen LogP contribution in [0.15, 0.2) is 41.1 Å². The van der Waals surface area contributed by atoms with Crippen molar-refractivity contribution in [1.82, 2.24) is 14.7 Å². The second-order valence-corrected chi connectivity index (χ2v) is 5.67. The number of likely N-dealkylation sites (N-methyl/N-ethyl adjacent to an activating group) is 1. The van der Waals surface area contributed by atoms with Gasteiger partial charge in [0.1, 0.15) is 0 Å². The molecule has 0 aliphatic rings. The van der Waals surface area contributed by atoms with Crippen LogP contribution in [0.4, 0.5) is 0 Å². The number of amides is 1. The van der Waals surface area contributed by atoms with E-state index in [9.17, 15) is 4.79 Å². The van der Waals surface area contributed by atoms with E-state index in [1.165, 1.54) is 0 Å². The van der Waals surface area contributed by atoms with Crippen LogP contribution >= 0.6 is 15.9 Å². The summed E-state index contributed by atoms with van der Waals surface area (Å²) in [5.74, 6) is 0.108. The molecule has 0 aliphatic heterocycles. The number of nitrogens with zero attached hydrogens (tertiary/aromatic N) is 3. The van der Waals surface area contributed by atoms with Gasteiger partial charge in [-0.05, 0) is 24.6 Å². The molecule has 0 fully saturated rings. The van der Waals surface area contributed by atoms with E-state index in [2.05, 4.69) is 21.0 Å². The summed E-state index contributed by atoms with van der Waals surface area (Å²) in [7, 11) is 1.82. The van der Waals surface area contributed by atoms with Gasteiger partial charge in [0.15, 0.2) is 0 Å². The molecule has 0 saturated heterocycles. The summed E-state index contributed by atoms with van der Waals surface area (Å²) in [6, 6.07) is 7.83. The molecule has 0 bridgehead atoms. The maximum Gasteiger partial charge on any atom is 0.227 e. The highest BCUT2D eigenvalue weighted by molar-refractivity contribution is 9.10. The first-order valence-electron chi connectivity index (χ1n) is 6.58. The molecule has 1 heterocycles. The Labute approximate surface area is 127 Å². The largest absolute Gasteiger partial charge is 0.341 e. The Morgan fingerprint density at radius 2 is 2.00 bits per heavy atom. The quantitative estimate of drug-likeness (QED) is 0.842. The second-order valence-electron chi connectivity index (χ2n) is 4.76. The van der Waals surface area contributed by atoms with E-state index in [0.717, 1.165) is 22.1 Å². The summed E-state index contributed by atoms with van der Waals surface area (Å²) in [6.07, 6.45) is 4.21. The molecule has 4 nitrogen and oxygen atoms in total. The third-order valence-electron chi connectivity index (χ3n) is 3.12. The van der Waals surface area contributed by atoms with Crippen molar-refractivity contribution in [2.45, 2.75) is 26.4 Å². The minimum absolute atomic E-state index is 0.108. The predicted octanol–water partition coefficient (Wildman–Crippen LogP) is 2.87. The Balaban J connectivity index is 1.93. The van der Waals surface area contributed by atoms with Crippen molar-refractivity contribution in [3.63, 3.8) is 0 Å². The maximum absolute atomic E-state index is 12.2. The average molecular weight is 336 g/mol. The van der Waals surface area contributed by atoms with E-state index >= 15 is 0 Å². The fourth-order valence-electron chi connectivity index (χ4n) is 1.93. The lowest BCUT2D eigenvalue weighted by atomic mass is 10.1. The van der Waals surface area contributed by atoms with Gasteiger partial charge in [-0.25, -0.2) is 0 Å². The second kappa shape index (κ2) is 6.70. The molecule has 0 atom stereocenters. The van der Waals surface area contributed by atoms with E-state index in [1.54, 1.807) is 4.90 Å². The van der Waals surface area contributed by atoms with Crippen molar-refractivity contribution in [1.29, 1.82) is 0 Å². The van der Waals surface area contributed by atoms with E-state index in [1.807, 2.05) is 55.3 Å². The minimum Gasteiger partial charge on any atom is -0.341 e. The van der Waals surface area contributed by atoms with Gasteiger partial charge in [-0.1, -0.05) is 28.1 Å². The van der Waals surface area contributed by atoms with E-state index in [4.69, 9.17) is 0 Å². The number of carbonyl (C=O) groups is 1. The van der Waals surface area contributed by atoms with Gasteiger partial charge in [-0.2, -0.15) is 5.10 Å². The fourth-order valence-corrected chi connectivity index (χ4v) is 2.20. The molecule has 0 unspecified atom stereocenters. The molecule has 1 amide bonds. The fraction of sp³-hybridized carbons (Fsp3) is 0.333. The Hall–Kier alpha value is -1.62. The van der Waals surface area contributed by atoms with Crippen LogP contribution in [-0.4, -0.2) is 27.6 Å². The molecule has 0 aliphatic carbocycles. The maximum atomic E-state index is 12.2. The standard InChI is InChI=1S/C15H18BrN3O/c1-3-19-11-13(9-17-19)10-18(2)15(20)8-12-4-6-14(16)7-5-12/h4-7,9,11H,3,8,10H2,1-2H3. The first-order valence-corrected chi connectivity index (χ1v) is 7.37. The summed E-state index contributed by atoms with van der Waals surface area (Å²) < 4.78 is 2.89. The molecule has 0 spiro atoms. The van der Waals surface area contributed by atoms with Gasteiger partial charge >= 0.3 is 0 Å². The van der Waals surface area contributed by atoms with Crippen molar-refractivity contribution in [2.24, 2.45) is 0 Å². The summed E-state index contributed by atoms with van der Waals surface area (Å²) in [5.41, 5.74) is 2.08. The van der Waals surface area contributed by atoms with Crippen LogP contribution in [0.2, 0.25) is 0 Å². The van der Waals surface area contributed by atoms with Crippen LogP contribution in [0.5, 0.6) is 0 Å². The van der Waals surface area contributed by atoms with Crippen molar-refractivity contribution in [3.05, 3.63) is 52.3 Å². The SMILES string of the molecule is CCn1cc(CN(C)C(=O)Cc2ccc(Br)cc2)cn1. The Kier molecular flexibility index (Phi) is 4.95. The normalized spacial score (nSPS) is 10.6. The Bertz CT molecular complexity index is 577. The summed E-state index contributed by atoms with van der Waals surface area (Å²) in [4.78, 5) is 13.9. The molecular weight excluding hydrogens is 318 g/mol. The minimum atomic E-state index is 0.108. The van der Waals surface area contributed by atoms with Gasteiger partial charge in [0.25, 0.3) is 0 Å². The number of rotatable bonds is 5. The molecule has 1 aromatic heterocycles. The summed E-state index contributed by atoms with van der Waals surface area (Å²) in [5, 5.41) is 4.21. The number of carbonyl (C=O) groups excluding carboxylic acids is 1. The average Bonchev–Trinajstić information content (AvgIpc) is 2.89. The van der Waals surface area contributed by atoms with Crippen LogP contribution in [0.25, 0.3) is 0 Å². The van der Waals surface area contributed by atoms with Gasteiger partial charge < -0.3 is 4.90 Å². The topological polar surface area (TPSA) is 38.1 Å². The van der Waals surface area contributed by atoms with Crippen LogP contribution in [0.1, 0.15) is 18.1 Å². The summed E-state index contributed by atoms with van der Waals surface area (Å²) in [6.45, 7) is 3.48. The van der Waals surface area contributed by atoms with Gasteiger partial charge in [0.05, 0.1) is 12.6 Å². The predicted molar refractivity (Wildman–Crippen MR) is 82.2 cm³/mol. The highest BCUT2D eigenvalue weighted by Crippen LogP contribution is 2.12. The third-order valence-corrected chi connectivity index (χ3v) is 3.65. The molecule has 1 aromatic carbocycles. The van der Waals surface area contributed by atoms with Crippen molar-refractivity contribution >= 4 is 21.8 Å². The first kappa shape index (κ1) is 14.8. The Morgan fingerprint density at radius 3 is 2.60 bits per heavy atom. The molecule has 0 N–H and O–H groups in total. The van der Waals surface area contributed by atoms with Gasteiger partial charge in [0.2, 0.25) is 5.91 Å². The van der Waals surface area contributed by atoms with E-state index in [-0.39, 0.29) is 5.91 Å². The van der Waals surface area contributed by atoms with Crippen molar-refractivity contribution < 1.29 is 4.79 Å². The molecular formula is C15H18BrN3O. The van der Waals surface area contributed by atoms with Crippen LogP contribution in [-0.2, 0) is 24.3 Å². The number of aryl methyl sites for hydroxylation is 1. The number of aromatic nitrogens is 2. The molecule has 20 heavy (non-hydrogen) atoms. The number of hydrogen-bond acceptors (Lipinski definition) is 2. The summed E-state index contributed by atoms with van der Waals surface area (Å²) >= 11 is 3.39. The zero-order valence-corrected chi connectivity index (χ0v) is 13.3. The van der Waals surface area contributed by atoms with Crippen molar-refractivity contribution in [3.8, 4) is 0 Å².